The monoisotopic (exact) mass is 209 g/mol. The standard InChI is InChI=1S/C11H15NO3/c1-9(8-13)7-12(11(14)15)10-5-3-2-4-6-10/h2-6,9,13H,7-8H2,1H3,(H,14,15)/t9-/m1/s1. The fourth-order valence-electron chi connectivity index (χ4n) is 1.27. The smallest absolute Gasteiger partial charge is 0.411 e. The Hall–Kier alpha value is -1.55. The minimum atomic E-state index is -0.999. The van der Waals surface area contributed by atoms with Gasteiger partial charge in [-0.3, -0.25) is 4.90 Å². The molecule has 0 unspecified atom stereocenters. The van der Waals surface area contributed by atoms with Crippen molar-refractivity contribution in [2.45, 2.75) is 6.92 Å². The average Bonchev–Trinajstić information content (AvgIpc) is 2.26. The number of carbonyl (C=O) groups is 1. The molecular formula is C11H15NO3. The van der Waals surface area contributed by atoms with Crippen LogP contribution in [0.2, 0.25) is 0 Å². The van der Waals surface area contributed by atoms with Crippen LogP contribution in [0.4, 0.5) is 10.5 Å². The molecule has 0 aliphatic carbocycles. The quantitative estimate of drug-likeness (QED) is 0.794. The Labute approximate surface area is 88.8 Å². The number of carboxylic acid groups (broad SMARTS) is 1. The van der Waals surface area contributed by atoms with Gasteiger partial charge in [-0.05, 0) is 18.1 Å². The van der Waals surface area contributed by atoms with Gasteiger partial charge in [-0.25, -0.2) is 4.79 Å². The van der Waals surface area contributed by atoms with Crippen LogP contribution in [0.5, 0.6) is 0 Å². The topological polar surface area (TPSA) is 60.8 Å². The van der Waals surface area contributed by atoms with E-state index in [4.69, 9.17) is 10.2 Å². The minimum Gasteiger partial charge on any atom is -0.465 e. The average molecular weight is 209 g/mol. The van der Waals surface area contributed by atoms with Gasteiger partial charge in [0.1, 0.15) is 0 Å². The van der Waals surface area contributed by atoms with Crippen LogP contribution in [-0.4, -0.2) is 29.5 Å². The van der Waals surface area contributed by atoms with Crippen molar-refractivity contribution >= 4 is 11.8 Å². The van der Waals surface area contributed by atoms with E-state index in [1.165, 1.54) is 4.90 Å². The third kappa shape index (κ3) is 3.25. The summed E-state index contributed by atoms with van der Waals surface area (Å²) in [6.45, 7) is 2.09. The van der Waals surface area contributed by atoms with Gasteiger partial charge >= 0.3 is 6.09 Å². The predicted molar refractivity (Wildman–Crippen MR) is 58.1 cm³/mol. The van der Waals surface area contributed by atoms with Crippen molar-refractivity contribution in [2.24, 2.45) is 5.92 Å². The maximum Gasteiger partial charge on any atom is 0.411 e. The summed E-state index contributed by atoms with van der Waals surface area (Å²) in [5, 5.41) is 17.9. The molecule has 0 fully saturated rings. The van der Waals surface area contributed by atoms with Gasteiger partial charge in [-0.15, -0.1) is 0 Å². The summed E-state index contributed by atoms with van der Waals surface area (Å²) >= 11 is 0. The van der Waals surface area contributed by atoms with Crippen molar-refractivity contribution in [3.05, 3.63) is 30.3 Å². The third-order valence-corrected chi connectivity index (χ3v) is 2.10. The Kier molecular flexibility index (Phi) is 4.12. The summed E-state index contributed by atoms with van der Waals surface area (Å²) in [4.78, 5) is 12.2. The Morgan fingerprint density at radius 1 is 1.40 bits per heavy atom. The molecule has 0 heterocycles. The van der Waals surface area contributed by atoms with Gasteiger partial charge in [0, 0.05) is 18.8 Å². The highest BCUT2D eigenvalue weighted by Crippen LogP contribution is 2.15. The molecule has 0 bridgehead atoms. The number of amides is 1. The summed E-state index contributed by atoms with van der Waals surface area (Å²) in [7, 11) is 0. The first kappa shape index (κ1) is 11.5. The normalized spacial score (nSPS) is 12.1. The molecule has 0 saturated carbocycles. The predicted octanol–water partition coefficient (Wildman–Crippen LogP) is 1.80. The third-order valence-electron chi connectivity index (χ3n) is 2.10. The zero-order valence-corrected chi connectivity index (χ0v) is 8.63. The van der Waals surface area contributed by atoms with Crippen molar-refractivity contribution in [3.8, 4) is 0 Å². The van der Waals surface area contributed by atoms with Crippen LogP contribution in [0.25, 0.3) is 0 Å². The van der Waals surface area contributed by atoms with E-state index in [9.17, 15) is 4.79 Å². The van der Waals surface area contributed by atoms with Crippen molar-refractivity contribution in [2.75, 3.05) is 18.1 Å². The second kappa shape index (κ2) is 5.36. The van der Waals surface area contributed by atoms with E-state index >= 15 is 0 Å². The Morgan fingerprint density at radius 2 is 2.00 bits per heavy atom. The van der Waals surface area contributed by atoms with E-state index in [-0.39, 0.29) is 12.5 Å². The van der Waals surface area contributed by atoms with Gasteiger partial charge in [-0.2, -0.15) is 0 Å². The van der Waals surface area contributed by atoms with Crippen LogP contribution in [0, 0.1) is 5.92 Å². The summed E-state index contributed by atoms with van der Waals surface area (Å²) in [6, 6.07) is 8.87. The number of benzene rings is 1. The zero-order chi connectivity index (χ0) is 11.3. The van der Waals surface area contributed by atoms with Crippen LogP contribution < -0.4 is 4.90 Å². The summed E-state index contributed by atoms with van der Waals surface area (Å²) < 4.78 is 0. The van der Waals surface area contributed by atoms with Crippen LogP contribution in [0.15, 0.2) is 30.3 Å². The van der Waals surface area contributed by atoms with Crippen molar-refractivity contribution < 1.29 is 15.0 Å². The van der Waals surface area contributed by atoms with Gasteiger partial charge < -0.3 is 10.2 Å². The molecular weight excluding hydrogens is 194 g/mol. The van der Waals surface area contributed by atoms with Gasteiger partial charge in [-0.1, -0.05) is 25.1 Å². The largest absolute Gasteiger partial charge is 0.465 e. The Balaban J connectivity index is 2.80. The van der Waals surface area contributed by atoms with E-state index in [0.29, 0.717) is 12.2 Å². The van der Waals surface area contributed by atoms with Crippen molar-refractivity contribution in [1.82, 2.24) is 0 Å². The molecule has 4 nitrogen and oxygen atoms in total. The Morgan fingerprint density at radius 3 is 2.47 bits per heavy atom. The van der Waals surface area contributed by atoms with Gasteiger partial charge in [0.05, 0.1) is 0 Å². The lowest BCUT2D eigenvalue weighted by Gasteiger charge is -2.22. The molecule has 0 aromatic heterocycles. The number of anilines is 1. The molecule has 0 radical (unpaired) electrons. The summed E-state index contributed by atoms with van der Waals surface area (Å²) in [6.07, 6.45) is -0.999. The molecule has 0 aliphatic heterocycles. The van der Waals surface area contributed by atoms with Crippen LogP contribution in [0.3, 0.4) is 0 Å². The molecule has 0 saturated heterocycles. The Bertz CT molecular complexity index is 313. The van der Waals surface area contributed by atoms with E-state index in [0.717, 1.165) is 0 Å². The van der Waals surface area contributed by atoms with Crippen molar-refractivity contribution in [1.29, 1.82) is 0 Å². The molecule has 15 heavy (non-hydrogen) atoms. The van der Waals surface area contributed by atoms with E-state index < -0.39 is 6.09 Å². The van der Waals surface area contributed by atoms with E-state index in [1.54, 1.807) is 31.2 Å². The molecule has 1 rings (SSSR count). The fourth-order valence-corrected chi connectivity index (χ4v) is 1.27. The summed E-state index contributed by atoms with van der Waals surface area (Å²) in [5.41, 5.74) is 0.630. The van der Waals surface area contributed by atoms with Crippen LogP contribution in [0.1, 0.15) is 6.92 Å². The number of hydrogen-bond acceptors (Lipinski definition) is 2. The van der Waals surface area contributed by atoms with Crippen LogP contribution >= 0.6 is 0 Å². The van der Waals surface area contributed by atoms with Gasteiger partial charge in [0.15, 0.2) is 0 Å². The molecule has 2 N–H and O–H groups in total. The molecule has 1 atom stereocenters. The molecule has 82 valence electrons. The van der Waals surface area contributed by atoms with E-state index in [2.05, 4.69) is 0 Å². The number of nitrogens with zero attached hydrogens (tertiary/aromatic N) is 1. The van der Waals surface area contributed by atoms with Gasteiger partial charge in [0.25, 0.3) is 0 Å². The number of aliphatic hydroxyl groups is 1. The number of hydrogen-bond donors (Lipinski definition) is 2. The minimum absolute atomic E-state index is 0.0172. The SMILES string of the molecule is C[C@@H](CO)CN(C(=O)O)c1ccccc1. The highest BCUT2D eigenvalue weighted by atomic mass is 16.4. The molecule has 1 amide bonds. The fraction of sp³-hybridized carbons (Fsp3) is 0.364. The highest BCUT2D eigenvalue weighted by molar-refractivity contribution is 5.85. The molecule has 0 aliphatic rings. The number of para-hydroxylation sites is 1. The lowest BCUT2D eigenvalue weighted by Crippen LogP contribution is -2.34. The lowest BCUT2D eigenvalue weighted by atomic mass is 10.2. The molecule has 1 aromatic carbocycles. The van der Waals surface area contributed by atoms with Crippen LogP contribution in [-0.2, 0) is 0 Å². The maximum absolute atomic E-state index is 11.0. The van der Waals surface area contributed by atoms with E-state index in [1.807, 2.05) is 6.07 Å². The maximum atomic E-state index is 11.0. The molecule has 4 heteroatoms. The number of rotatable bonds is 4. The second-order valence-electron chi connectivity index (χ2n) is 3.52. The lowest BCUT2D eigenvalue weighted by molar-refractivity contribution is 0.196. The first-order chi connectivity index (χ1) is 7.15. The first-order valence-electron chi connectivity index (χ1n) is 4.81. The highest BCUT2D eigenvalue weighted by Gasteiger charge is 2.16. The number of aliphatic hydroxyl groups excluding tert-OH is 1. The van der Waals surface area contributed by atoms with Crippen molar-refractivity contribution in [3.63, 3.8) is 0 Å². The summed E-state index contributed by atoms with van der Waals surface area (Å²) in [5.74, 6) is -0.0682. The first-order valence-corrected chi connectivity index (χ1v) is 4.81. The second-order valence-corrected chi connectivity index (χ2v) is 3.52. The zero-order valence-electron chi connectivity index (χ0n) is 8.63. The molecule has 1 aromatic rings. The molecule has 0 spiro atoms. The van der Waals surface area contributed by atoms with Gasteiger partial charge in [0.2, 0.25) is 0 Å².